The molecule has 6 heteroatoms. The van der Waals surface area contributed by atoms with E-state index in [4.69, 9.17) is 4.74 Å². The lowest BCUT2D eigenvalue weighted by Gasteiger charge is -2.26. The summed E-state index contributed by atoms with van der Waals surface area (Å²) in [6.07, 6.45) is 1.19. The first-order chi connectivity index (χ1) is 13.2. The number of amides is 2. The van der Waals surface area contributed by atoms with Crippen molar-refractivity contribution in [3.05, 3.63) is 53.6 Å². The third-order valence-corrected chi connectivity index (χ3v) is 5.28. The Bertz CT molecular complexity index is 881. The van der Waals surface area contributed by atoms with Crippen LogP contribution < -0.4 is 20.3 Å². The molecule has 0 radical (unpaired) electrons. The fourth-order valence-corrected chi connectivity index (χ4v) is 3.88. The molecule has 2 aliphatic heterocycles. The van der Waals surface area contributed by atoms with E-state index >= 15 is 0 Å². The molecular weight excluding hydrogens is 342 g/mol. The summed E-state index contributed by atoms with van der Waals surface area (Å²) >= 11 is 0. The molecular formula is C21H23N3O3. The topological polar surface area (TPSA) is 70.7 Å². The molecule has 0 unspecified atom stereocenters. The first-order valence-corrected chi connectivity index (χ1v) is 9.24. The van der Waals surface area contributed by atoms with Crippen molar-refractivity contribution in [2.24, 2.45) is 0 Å². The zero-order valence-corrected chi connectivity index (χ0v) is 15.3. The second-order valence-corrected chi connectivity index (χ2v) is 6.91. The lowest BCUT2D eigenvalue weighted by Crippen LogP contribution is -2.39. The largest absolute Gasteiger partial charge is 0.497 e. The molecule has 4 rings (SSSR count). The second kappa shape index (κ2) is 7.31. The van der Waals surface area contributed by atoms with Gasteiger partial charge in [-0.2, -0.15) is 0 Å². The third-order valence-electron chi connectivity index (χ3n) is 5.28. The van der Waals surface area contributed by atoms with Gasteiger partial charge < -0.3 is 20.3 Å². The monoisotopic (exact) mass is 365 g/mol. The SMILES string of the molecule is COc1ccc2c(c1)[C@@H](C(=O)NCCN1CCc3ccccc31)CC(=O)N2. The molecule has 0 saturated carbocycles. The number of carbonyl (C=O) groups is 2. The normalized spacial score (nSPS) is 17.7. The van der Waals surface area contributed by atoms with Crippen LogP contribution in [-0.2, 0) is 16.0 Å². The van der Waals surface area contributed by atoms with E-state index in [1.54, 1.807) is 19.2 Å². The molecule has 2 aromatic rings. The molecule has 1 atom stereocenters. The van der Waals surface area contributed by atoms with E-state index in [0.29, 0.717) is 18.0 Å². The Labute approximate surface area is 158 Å². The van der Waals surface area contributed by atoms with Crippen molar-refractivity contribution in [1.29, 1.82) is 0 Å². The number of carbonyl (C=O) groups excluding carboxylic acids is 2. The van der Waals surface area contributed by atoms with Gasteiger partial charge in [-0.3, -0.25) is 9.59 Å². The number of ether oxygens (including phenoxy) is 1. The highest BCUT2D eigenvalue weighted by atomic mass is 16.5. The van der Waals surface area contributed by atoms with Gasteiger partial charge in [-0.15, -0.1) is 0 Å². The smallest absolute Gasteiger partial charge is 0.228 e. The Balaban J connectivity index is 1.41. The summed E-state index contributed by atoms with van der Waals surface area (Å²) in [7, 11) is 1.59. The highest BCUT2D eigenvalue weighted by Gasteiger charge is 2.31. The lowest BCUT2D eigenvalue weighted by atomic mass is 9.89. The molecule has 0 fully saturated rings. The number of anilines is 2. The molecule has 0 bridgehead atoms. The van der Waals surface area contributed by atoms with Gasteiger partial charge >= 0.3 is 0 Å². The zero-order chi connectivity index (χ0) is 18.8. The Kier molecular flexibility index (Phi) is 4.71. The summed E-state index contributed by atoms with van der Waals surface area (Å²) in [4.78, 5) is 27.1. The van der Waals surface area contributed by atoms with Gasteiger partial charge in [0, 0.05) is 37.4 Å². The van der Waals surface area contributed by atoms with E-state index in [1.165, 1.54) is 11.3 Å². The van der Waals surface area contributed by atoms with E-state index in [2.05, 4.69) is 33.7 Å². The quantitative estimate of drug-likeness (QED) is 0.853. The maximum atomic E-state index is 12.8. The van der Waals surface area contributed by atoms with Crippen LogP contribution in [0.15, 0.2) is 42.5 Å². The van der Waals surface area contributed by atoms with Crippen LogP contribution in [0.2, 0.25) is 0 Å². The van der Waals surface area contributed by atoms with E-state index in [-0.39, 0.29) is 18.2 Å². The van der Waals surface area contributed by atoms with Crippen molar-refractivity contribution >= 4 is 23.2 Å². The van der Waals surface area contributed by atoms with Gasteiger partial charge in [0.05, 0.1) is 13.0 Å². The minimum atomic E-state index is -0.491. The number of nitrogens with one attached hydrogen (secondary N) is 2. The van der Waals surface area contributed by atoms with Crippen LogP contribution in [0, 0.1) is 0 Å². The van der Waals surface area contributed by atoms with Gasteiger partial charge in [0.15, 0.2) is 0 Å². The first kappa shape index (κ1) is 17.4. The molecule has 2 aliphatic rings. The fourth-order valence-electron chi connectivity index (χ4n) is 3.88. The van der Waals surface area contributed by atoms with Crippen LogP contribution in [0.1, 0.15) is 23.5 Å². The highest BCUT2D eigenvalue weighted by molar-refractivity contribution is 6.01. The predicted molar refractivity (Wildman–Crippen MR) is 104 cm³/mol. The maximum absolute atomic E-state index is 12.8. The van der Waals surface area contributed by atoms with Crippen LogP contribution in [0.4, 0.5) is 11.4 Å². The van der Waals surface area contributed by atoms with Crippen LogP contribution in [-0.4, -0.2) is 38.6 Å². The summed E-state index contributed by atoms with van der Waals surface area (Å²) in [5.74, 6) is -0.0702. The number of methoxy groups -OCH3 is 1. The van der Waals surface area contributed by atoms with Crippen molar-refractivity contribution < 1.29 is 14.3 Å². The van der Waals surface area contributed by atoms with Gasteiger partial charge in [0.1, 0.15) is 5.75 Å². The number of fused-ring (bicyclic) bond motifs is 2. The minimum absolute atomic E-state index is 0.119. The lowest BCUT2D eigenvalue weighted by molar-refractivity contribution is -0.126. The summed E-state index contributed by atoms with van der Waals surface area (Å²) < 4.78 is 5.27. The van der Waals surface area contributed by atoms with Gasteiger partial charge in [-0.05, 0) is 41.8 Å². The number of benzene rings is 2. The Morgan fingerprint density at radius 1 is 1.30 bits per heavy atom. The zero-order valence-electron chi connectivity index (χ0n) is 15.3. The molecule has 0 aromatic heterocycles. The Morgan fingerprint density at radius 3 is 3.00 bits per heavy atom. The number of para-hydroxylation sites is 1. The maximum Gasteiger partial charge on any atom is 0.228 e. The Morgan fingerprint density at radius 2 is 2.15 bits per heavy atom. The van der Waals surface area contributed by atoms with Crippen LogP contribution in [0.3, 0.4) is 0 Å². The average molecular weight is 365 g/mol. The number of nitrogens with zero attached hydrogens (tertiary/aromatic N) is 1. The molecule has 27 heavy (non-hydrogen) atoms. The summed E-state index contributed by atoms with van der Waals surface area (Å²) in [5, 5.41) is 5.83. The van der Waals surface area contributed by atoms with Gasteiger partial charge in [-0.1, -0.05) is 18.2 Å². The molecule has 6 nitrogen and oxygen atoms in total. The van der Waals surface area contributed by atoms with Crippen LogP contribution in [0.25, 0.3) is 0 Å². The van der Waals surface area contributed by atoms with E-state index in [1.807, 2.05) is 12.1 Å². The van der Waals surface area contributed by atoms with Crippen LogP contribution in [0.5, 0.6) is 5.75 Å². The number of hydrogen-bond acceptors (Lipinski definition) is 4. The Hall–Kier alpha value is -3.02. The average Bonchev–Trinajstić information content (AvgIpc) is 3.10. The fraction of sp³-hybridized carbons (Fsp3) is 0.333. The molecule has 2 N–H and O–H groups in total. The van der Waals surface area contributed by atoms with Gasteiger partial charge in [0.25, 0.3) is 0 Å². The minimum Gasteiger partial charge on any atom is -0.497 e. The number of rotatable bonds is 5. The second-order valence-electron chi connectivity index (χ2n) is 6.91. The van der Waals surface area contributed by atoms with Gasteiger partial charge in [0.2, 0.25) is 11.8 Å². The van der Waals surface area contributed by atoms with E-state index < -0.39 is 5.92 Å². The summed E-state index contributed by atoms with van der Waals surface area (Å²) in [6.45, 7) is 2.28. The molecule has 140 valence electrons. The standard InChI is InChI=1S/C21H23N3O3/c1-27-15-6-7-18-16(12-15)17(13-20(25)23-18)21(26)22-9-11-24-10-8-14-4-2-3-5-19(14)24/h2-7,12,17H,8-11,13H2,1H3,(H,22,26)(H,23,25)/t17-/m0/s1. The van der Waals surface area contributed by atoms with Crippen LogP contribution >= 0.6 is 0 Å². The molecule has 0 spiro atoms. The van der Waals surface area contributed by atoms with E-state index in [0.717, 1.165) is 25.1 Å². The predicted octanol–water partition coefficient (Wildman–Crippen LogP) is 2.30. The molecule has 2 aromatic carbocycles. The molecule has 0 saturated heterocycles. The van der Waals surface area contributed by atoms with Crippen molar-refractivity contribution in [2.45, 2.75) is 18.8 Å². The highest BCUT2D eigenvalue weighted by Crippen LogP contribution is 2.35. The van der Waals surface area contributed by atoms with E-state index in [9.17, 15) is 9.59 Å². The van der Waals surface area contributed by atoms with Crippen molar-refractivity contribution in [3.63, 3.8) is 0 Å². The molecule has 2 heterocycles. The molecule has 0 aliphatic carbocycles. The summed E-state index contributed by atoms with van der Waals surface area (Å²) in [6, 6.07) is 13.8. The van der Waals surface area contributed by atoms with Gasteiger partial charge in [-0.25, -0.2) is 0 Å². The molecule has 2 amide bonds. The first-order valence-electron chi connectivity index (χ1n) is 9.24. The third kappa shape index (κ3) is 3.47. The summed E-state index contributed by atoms with van der Waals surface area (Å²) in [5.41, 5.74) is 4.09. The van der Waals surface area contributed by atoms with Crippen molar-refractivity contribution in [1.82, 2.24) is 5.32 Å². The van der Waals surface area contributed by atoms with Crippen molar-refractivity contribution in [3.8, 4) is 5.75 Å². The van der Waals surface area contributed by atoms with Crippen molar-refractivity contribution in [2.75, 3.05) is 37.0 Å². The number of hydrogen-bond donors (Lipinski definition) is 2.